The van der Waals surface area contributed by atoms with Crippen LogP contribution in [0, 0.1) is 0 Å². The van der Waals surface area contributed by atoms with E-state index in [0.29, 0.717) is 57.1 Å². The van der Waals surface area contributed by atoms with Crippen molar-refractivity contribution in [2.24, 2.45) is 0 Å². The molecule has 510 valence electrons. The third-order valence-electron chi connectivity index (χ3n) is 18.4. The molecule has 0 aromatic heterocycles. The molecular formula is C81H91Cl3N4O9. The molecule has 97 heavy (non-hydrogen) atoms. The number of hydrogen-bond acceptors (Lipinski definition) is 13. The van der Waals surface area contributed by atoms with Crippen LogP contribution in [0.1, 0.15) is 105 Å². The zero-order chi connectivity index (χ0) is 68.0. The van der Waals surface area contributed by atoms with Crippen molar-refractivity contribution < 1.29 is 45.6 Å². The summed E-state index contributed by atoms with van der Waals surface area (Å²) in [5.41, 5.74) is 17.2. The lowest BCUT2D eigenvalue weighted by atomic mass is 9.84. The quantitative estimate of drug-likeness (QED) is 0.0283. The fraction of sp³-hybridized carbons (Fsp3) is 0.333. The number of benzene rings is 9. The first-order chi connectivity index (χ1) is 47.2. The summed E-state index contributed by atoms with van der Waals surface area (Å²) in [6.45, 7) is 6.93. The Morgan fingerprint density at radius 2 is 0.598 bits per heavy atom. The highest BCUT2D eigenvalue weighted by Crippen LogP contribution is 2.39. The second-order valence-corrected chi connectivity index (χ2v) is 26.7. The van der Waals surface area contributed by atoms with Crippen LogP contribution in [0.2, 0.25) is 15.1 Å². The predicted octanol–water partition coefficient (Wildman–Crippen LogP) is 12.9. The average Bonchev–Trinajstić information content (AvgIpc) is 0.951. The zero-order valence-corrected chi connectivity index (χ0v) is 57.1. The fourth-order valence-electron chi connectivity index (χ4n) is 13.5. The van der Waals surface area contributed by atoms with Gasteiger partial charge in [-0.25, -0.2) is 0 Å². The Hall–Kier alpha value is -7.31. The summed E-state index contributed by atoms with van der Waals surface area (Å²) in [6.07, 6.45) is 2.06. The van der Waals surface area contributed by atoms with Gasteiger partial charge in [0.1, 0.15) is 0 Å². The minimum atomic E-state index is -0.532. The van der Waals surface area contributed by atoms with Gasteiger partial charge in [-0.1, -0.05) is 168 Å². The largest absolute Gasteiger partial charge is 0.396 e. The van der Waals surface area contributed by atoms with Gasteiger partial charge in [-0.05, 0) is 172 Å². The molecule has 16 heteroatoms. The highest BCUT2D eigenvalue weighted by Gasteiger charge is 2.28. The van der Waals surface area contributed by atoms with Crippen LogP contribution in [0.15, 0.2) is 218 Å². The first-order valence-corrected chi connectivity index (χ1v) is 35.0. The van der Waals surface area contributed by atoms with Gasteiger partial charge in [-0.15, -0.1) is 0 Å². The van der Waals surface area contributed by atoms with E-state index >= 15 is 0 Å². The van der Waals surface area contributed by atoms with Crippen molar-refractivity contribution in [1.82, 2.24) is 0 Å². The highest BCUT2D eigenvalue weighted by atomic mass is 35.5. The Bertz CT molecular complexity index is 3610. The molecule has 3 saturated heterocycles. The van der Waals surface area contributed by atoms with E-state index in [4.69, 9.17) is 49.8 Å². The number of ether oxygens (including phenoxy) is 1. The Morgan fingerprint density at radius 3 is 0.876 bits per heavy atom. The van der Waals surface area contributed by atoms with Gasteiger partial charge in [-0.3, -0.25) is 0 Å². The summed E-state index contributed by atoms with van der Waals surface area (Å²) in [5.74, 6) is 0.190. The van der Waals surface area contributed by atoms with Crippen molar-refractivity contribution in [3.63, 3.8) is 0 Å². The van der Waals surface area contributed by atoms with Crippen molar-refractivity contribution in [3.05, 3.63) is 295 Å². The third-order valence-corrected chi connectivity index (χ3v) is 19.2. The van der Waals surface area contributed by atoms with Crippen LogP contribution in [-0.4, -0.2) is 157 Å². The normalized spacial score (nSPS) is 17.8. The number of rotatable bonds is 23. The highest BCUT2D eigenvalue weighted by molar-refractivity contribution is 6.31. The molecule has 5 atom stereocenters. The number of anilines is 4. The molecule has 5 unspecified atom stereocenters. The van der Waals surface area contributed by atoms with E-state index in [9.17, 15) is 30.6 Å². The van der Waals surface area contributed by atoms with Gasteiger partial charge in [0, 0.05) is 134 Å². The van der Waals surface area contributed by atoms with Crippen molar-refractivity contribution in [2.45, 2.75) is 80.7 Å². The minimum Gasteiger partial charge on any atom is -0.396 e. The van der Waals surface area contributed by atoms with Crippen LogP contribution >= 0.6 is 34.8 Å². The van der Waals surface area contributed by atoms with Gasteiger partial charge in [0.2, 0.25) is 0 Å². The number of nitrogens with zero attached hydrogens (tertiary/aromatic N) is 4. The van der Waals surface area contributed by atoms with E-state index in [-0.39, 0.29) is 44.2 Å². The molecule has 8 N–H and O–H groups in total. The van der Waals surface area contributed by atoms with Gasteiger partial charge in [0.15, 0.2) is 0 Å². The zero-order valence-electron chi connectivity index (χ0n) is 54.9. The minimum absolute atomic E-state index is 0.0135. The summed E-state index contributed by atoms with van der Waals surface area (Å²) in [7, 11) is 0. The molecule has 3 fully saturated rings. The van der Waals surface area contributed by atoms with E-state index in [0.717, 1.165) is 95.8 Å². The number of piperidine rings is 2. The van der Waals surface area contributed by atoms with Gasteiger partial charge in [0.05, 0.1) is 50.8 Å². The summed E-state index contributed by atoms with van der Waals surface area (Å²) >= 11 is 18.5. The van der Waals surface area contributed by atoms with Gasteiger partial charge < -0.3 is 65.2 Å². The van der Waals surface area contributed by atoms with Crippen LogP contribution in [0.5, 0.6) is 0 Å². The molecule has 9 aromatic carbocycles. The Balaban J connectivity index is 0.000000159. The summed E-state index contributed by atoms with van der Waals surface area (Å²) in [5, 5.41) is 79.3. The van der Waals surface area contributed by atoms with Crippen LogP contribution in [0.25, 0.3) is 0 Å². The molecule has 0 bridgehead atoms. The van der Waals surface area contributed by atoms with Crippen LogP contribution in [-0.2, 0) is 17.6 Å². The molecular weight excluding hydrogens is 1280 g/mol. The van der Waals surface area contributed by atoms with Crippen molar-refractivity contribution in [2.75, 3.05) is 112 Å². The van der Waals surface area contributed by atoms with E-state index in [1.54, 1.807) is 0 Å². The number of aryl methyl sites for hydroxylation is 2. The first-order valence-electron chi connectivity index (χ1n) is 33.8. The molecule has 0 aliphatic carbocycles. The van der Waals surface area contributed by atoms with Gasteiger partial charge in [-0.2, -0.15) is 0 Å². The maximum atomic E-state index is 10.1. The molecule has 0 radical (unpaired) electrons. The topological polar surface area (TPSA) is 184 Å². The van der Waals surface area contributed by atoms with Crippen molar-refractivity contribution >= 4 is 57.6 Å². The van der Waals surface area contributed by atoms with E-state index < -0.39 is 24.4 Å². The number of hydrogen-bond donors (Lipinski definition) is 8. The molecule has 3 aliphatic heterocycles. The smallest absolute Gasteiger partial charge is 0.0740 e. The molecule has 9 aromatic rings. The summed E-state index contributed by atoms with van der Waals surface area (Å²) < 4.78 is 5.48. The van der Waals surface area contributed by atoms with Crippen molar-refractivity contribution in [1.29, 1.82) is 0 Å². The number of morpholine rings is 1. The van der Waals surface area contributed by atoms with E-state index in [1.807, 2.05) is 87.5 Å². The summed E-state index contributed by atoms with van der Waals surface area (Å²) in [4.78, 5) is 8.39. The van der Waals surface area contributed by atoms with Gasteiger partial charge in [0.25, 0.3) is 0 Å². The number of aliphatic hydroxyl groups is 8. The Kier molecular flexibility index (Phi) is 27.3. The van der Waals surface area contributed by atoms with E-state index in [2.05, 4.69) is 150 Å². The molecule has 0 spiro atoms. The molecule has 0 saturated carbocycles. The molecule has 3 heterocycles. The van der Waals surface area contributed by atoms with Gasteiger partial charge >= 0.3 is 0 Å². The molecule has 12 rings (SSSR count). The van der Waals surface area contributed by atoms with E-state index in [1.165, 1.54) is 50.2 Å². The SMILES string of the molecule is OC1CC(O)CN(c2ccc(C(c3ccc(Cl)cc3)c3ccc(N4CC(O)CC(O)C4)cc3)cc2)C1.OCCCc1ccc(C(c2ccc(Cl)cc2)c2ccc(CCCO)cc2)cc1.OCCN(CCO)c1ccc(C(c2ccc(Cl)cc2)c2ccc(N3CCOCC3)cc2)cc1. The average molecular weight is 1370 g/mol. The van der Waals surface area contributed by atoms with Crippen LogP contribution in [0.4, 0.5) is 22.7 Å². The lowest BCUT2D eigenvalue weighted by molar-refractivity contribution is 0.0645. The Morgan fingerprint density at radius 1 is 0.340 bits per heavy atom. The molecule has 0 amide bonds. The van der Waals surface area contributed by atoms with Crippen LogP contribution in [0.3, 0.4) is 0 Å². The molecule has 13 nitrogen and oxygen atoms in total. The number of halogens is 3. The number of aliphatic hydroxyl groups excluding tert-OH is 8. The fourth-order valence-corrected chi connectivity index (χ4v) is 13.9. The second kappa shape index (κ2) is 36.5. The van der Waals surface area contributed by atoms with Crippen molar-refractivity contribution in [3.8, 4) is 0 Å². The molecule has 3 aliphatic rings. The lowest BCUT2D eigenvalue weighted by Crippen LogP contribution is -2.45. The predicted molar refractivity (Wildman–Crippen MR) is 394 cm³/mol. The van der Waals surface area contributed by atoms with Crippen LogP contribution < -0.4 is 19.6 Å². The Labute approximate surface area is 586 Å². The monoisotopic (exact) mass is 1370 g/mol. The maximum absolute atomic E-state index is 10.1. The first kappa shape index (κ1) is 72.4. The summed E-state index contributed by atoms with van der Waals surface area (Å²) in [6, 6.07) is 75.2. The standard InChI is InChI=1S/C29H33ClN2O4.C27H31ClN2O3.C25H27ClO2/c30-22-7-1-19(2-8-22)29(20-3-9-23(10-4-20)31-15-25(33)13-26(34)16-31)21-5-11-24(12-6-21)32-17-27(35)14-28(36)18-32;28-24-7-1-21(2-8-24)27(22-3-9-25(10-4-22)29(13-17-31)14-18-32)23-5-11-26(12-6-23)30-15-19-33-20-16-30;26-24-15-13-23(14-16-24)25(21-9-5-19(6-10-21)3-1-17-27)22-11-7-20(8-12-22)4-2-18-28/h1-12,25-29,33-36H,13-18H2;1-12,27,31-32H,13-20H2;5-16,25,27-28H,1-4,17-18H2. The lowest BCUT2D eigenvalue weighted by Gasteiger charge is -2.35. The number of β-amino-alcohol motifs (C(OH)–C–C–N with tert-alkyl or cyclic N) is 4. The second-order valence-electron chi connectivity index (χ2n) is 25.4. The third kappa shape index (κ3) is 20.4. The maximum Gasteiger partial charge on any atom is 0.0740 e.